The second-order valence-electron chi connectivity index (χ2n) is 12.2. The highest BCUT2D eigenvalue weighted by molar-refractivity contribution is 6.74. The largest absolute Gasteiger partial charge is 0.417 e. The molecule has 37 heavy (non-hydrogen) atoms. The van der Waals surface area contributed by atoms with Crippen LogP contribution in [0.3, 0.4) is 0 Å². The van der Waals surface area contributed by atoms with Gasteiger partial charge in [0.2, 0.25) is 11.8 Å². The van der Waals surface area contributed by atoms with E-state index in [0.717, 1.165) is 4.90 Å². The number of carbonyl (C=O) groups is 2. The maximum absolute atomic E-state index is 14.0. The summed E-state index contributed by atoms with van der Waals surface area (Å²) in [6.07, 6.45) is -2.48. The third-order valence-corrected chi connectivity index (χ3v) is 13.8. The average molecular weight is 523 g/mol. The highest BCUT2D eigenvalue weighted by Crippen LogP contribution is 2.62. The van der Waals surface area contributed by atoms with Gasteiger partial charge in [0.25, 0.3) is 0 Å². The molecule has 5 rings (SSSR count). The molecule has 3 aliphatic rings. The summed E-state index contributed by atoms with van der Waals surface area (Å²) in [5.41, 5.74) is -2.02. The molecule has 2 aromatic rings. The van der Waals surface area contributed by atoms with Crippen LogP contribution in [0, 0.1) is 23.2 Å². The number of benzene rings is 2. The van der Waals surface area contributed by atoms with Crippen molar-refractivity contribution >= 4 is 36.6 Å². The molecule has 0 aliphatic carbocycles. The smallest absolute Gasteiger partial charge is 0.240 e. The molecule has 8 nitrogen and oxygen atoms in total. The van der Waals surface area contributed by atoms with E-state index in [-0.39, 0.29) is 18.1 Å². The minimum absolute atomic E-state index is 0.0291. The van der Waals surface area contributed by atoms with Gasteiger partial charge in [0, 0.05) is 23.8 Å². The van der Waals surface area contributed by atoms with E-state index in [1.54, 1.807) is 43.3 Å². The first-order chi connectivity index (χ1) is 17.2. The van der Waals surface area contributed by atoms with Crippen molar-refractivity contribution in [1.29, 1.82) is 5.26 Å². The Kier molecular flexibility index (Phi) is 5.76. The van der Waals surface area contributed by atoms with E-state index in [1.807, 2.05) is 0 Å². The number of imide groups is 1. The fourth-order valence-corrected chi connectivity index (χ4v) is 7.24. The molecule has 3 saturated heterocycles. The van der Waals surface area contributed by atoms with Gasteiger partial charge in [-0.05, 0) is 37.2 Å². The minimum Gasteiger partial charge on any atom is -0.417 e. The molecule has 2 bridgehead atoms. The number of anilines is 1. The van der Waals surface area contributed by atoms with Crippen molar-refractivity contribution in [3.8, 4) is 6.07 Å². The highest BCUT2D eigenvalue weighted by atomic mass is 28.4. The molecule has 6 atom stereocenters. The molecular weight excluding hydrogens is 488 g/mol. The monoisotopic (exact) mass is 522 g/mol. The topological polar surface area (TPSA) is 120 Å². The zero-order valence-corrected chi connectivity index (χ0v) is 23.1. The fourth-order valence-electron chi connectivity index (χ4n) is 6.19. The predicted octanol–water partition coefficient (Wildman–Crippen LogP) is 3.49. The van der Waals surface area contributed by atoms with Crippen molar-refractivity contribution in [2.45, 2.75) is 75.7 Å². The molecule has 196 valence electrons. The summed E-state index contributed by atoms with van der Waals surface area (Å²) < 4.78 is 12.7. The second-order valence-corrected chi connectivity index (χ2v) is 17.1. The molecule has 2 aromatic carbocycles. The normalized spacial score (nSPS) is 33.3. The van der Waals surface area contributed by atoms with Crippen molar-refractivity contribution in [2.75, 3.05) is 11.5 Å². The van der Waals surface area contributed by atoms with Crippen LogP contribution in [0.15, 0.2) is 36.4 Å². The standard InChI is InChI=1S/C28H34N2O6Si/c1-26(2,3)37(5,6)35-14-13-28-21-20(27(4,36-28)22(31)23(28)32)24(33)30(25(21)34)19-12-11-16(15-29)17-9-7-8-10-18(17)19/h7-12,20-23,31-32H,13-14H2,1-6H3/t20-,21+,22-,23+,27+,28-/m1/s1. The Morgan fingerprint density at radius 3 is 2.30 bits per heavy atom. The van der Waals surface area contributed by atoms with Crippen LogP contribution < -0.4 is 4.90 Å². The third kappa shape index (κ3) is 3.40. The molecule has 3 fully saturated rings. The summed E-state index contributed by atoms with van der Waals surface area (Å²) in [6.45, 7) is 12.5. The van der Waals surface area contributed by atoms with Crippen LogP contribution in [0.25, 0.3) is 10.8 Å². The molecule has 0 saturated carbocycles. The van der Waals surface area contributed by atoms with Gasteiger partial charge in [0.1, 0.15) is 23.4 Å². The summed E-state index contributed by atoms with van der Waals surface area (Å²) in [5, 5.41) is 33.0. The van der Waals surface area contributed by atoms with Crippen molar-refractivity contribution in [3.63, 3.8) is 0 Å². The number of carbonyl (C=O) groups excluding carboxylic acids is 2. The van der Waals surface area contributed by atoms with Crippen molar-refractivity contribution in [2.24, 2.45) is 11.8 Å². The van der Waals surface area contributed by atoms with Crippen molar-refractivity contribution in [1.82, 2.24) is 0 Å². The van der Waals surface area contributed by atoms with Gasteiger partial charge in [0.15, 0.2) is 8.32 Å². The van der Waals surface area contributed by atoms with Gasteiger partial charge in [-0.15, -0.1) is 0 Å². The first-order valence-electron chi connectivity index (χ1n) is 12.7. The quantitative estimate of drug-likeness (QED) is 0.456. The number of hydrogen-bond acceptors (Lipinski definition) is 7. The highest BCUT2D eigenvalue weighted by Gasteiger charge is 2.80. The summed E-state index contributed by atoms with van der Waals surface area (Å²) in [6, 6.07) is 12.5. The van der Waals surface area contributed by atoms with Crippen LogP contribution in [0.1, 0.15) is 39.7 Å². The Labute approximate surface area is 217 Å². The number of ether oxygens (including phenoxy) is 1. The maximum Gasteiger partial charge on any atom is 0.240 e. The molecular formula is C28H34N2O6Si. The minimum atomic E-state index is -2.12. The Bertz CT molecular complexity index is 1350. The molecule has 9 heteroatoms. The number of nitrogens with zero attached hydrogens (tertiary/aromatic N) is 2. The van der Waals surface area contributed by atoms with Gasteiger partial charge < -0.3 is 19.4 Å². The van der Waals surface area contributed by atoms with Crippen LogP contribution in [0.2, 0.25) is 18.1 Å². The van der Waals surface area contributed by atoms with Gasteiger partial charge in [-0.3, -0.25) is 9.59 Å². The van der Waals surface area contributed by atoms with E-state index in [1.165, 1.54) is 0 Å². The number of nitriles is 1. The van der Waals surface area contributed by atoms with E-state index >= 15 is 0 Å². The zero-order valence-electron chi connectivity index (χ0n) is 22.1. The average Bonchev–Trinajstić information content (AvgIpc) is 3.34. The van der Waals surface area contributed by atoms with Crippen LogP contribution in [-0.4, -0.2) is 60.4 Å². The SMILES string of the molecule is CC(C)(C)[Si](C)(C)OCC[C@]12O[C@](C)([C@H](O)[C@@H]1O)[C@H]1C(=O)N(c3ccc(C#N)c4ccccc34)C(=O)[C@H]12. The predicted molar refractivity (Wildman–Crippen MR) is 140 cm³/mol. The van der Waals surface area contributed by atoms with E-state index in [4.69, 9.17) is 9.16 Å². The lowest BCUT2D eigenvalue weighted by Gasteiger charge is -2.40. The van der Waals surface area contributed by atoms with Crippen LogP contribution in [0.4, 0.5) is 5.69 Å². The number of fused-ring (bicyclic) bond motifs is 6. The summed E-state index contributed by atoms with van der Waals surface area (Å²) >= 11 is 0. The maximum atomic E-state index is 14.0. The molecule has 3 aliphatic heterocycles. The first kappa shape index (κ1) is 26.0. The van der Waals surface area contributed by atoms with E-state index in [0.29, 0.717) is 22.0 Å². The fraction of sp³-hybridized carbons (Fsp3) is 0.536. The lowest BCUT2D eigenvalue weighted by Crippen LogP contribution is -2.58. The first-order valence-corrected chi connectivity index (χ1v) is 15.6. The summed E-state index contributed by atoms with van der Waals surface area (Å²) in [7, 11) is -2.12. The van der Waals surface area contributed by atoms with Crippen molar-refractivity contribution in [3.05, 3.63) is 42.0 Å². The number of hydrogen-bond donors (Lipinski definition) is 2. The van der Waals surface area contributed by atoms with Gasteiger partial charge in [-0.25, -0.2) is 4.90 Å². The van der Waals surface area contributed by atoms with Gasteiger partial charge in [-0.2, -0.15) is 5.26 Å². The molecule has 0 aromatic heterocycles. The molecule has 0 unspecified atom stereocenters. The Morgan fingerprint density at radius 1 is 1.05 bits per heavy atom. The second kappa shape index (κ2) is 8.19. The van der Waals surface area contributed by atoms with Gasteiger partial charge >= 0.3 is 0 Å². The molecule has 0 radical (unpaired) electrons. The number of rotatable bonds is 5. The molecule has 3 heterocycles. The van der Waals surface area contributed by atoms with E-state index in [2.05, 4.69) is 39.9 Å². The number of aliphatic hydroxyl groups excluding tert-OH is 2. The molecule has 0 spiro atoms. The number of amides is 2. The van der Waals surface area contributed by atoms with E-state index < -0.39 is 55.4 Å². The van der Waals surface area contributed by atoms with Gasteiger partial charge in [-0.1, -0.05) is 45.0 Å². The molecule has 2 amide bonds. The number of aliphatic hydroxyl groups is 2. The zero-order chi connectivity index (χ0) is 27.1. The third-order valence-electron chi connectivity index (χ3n) is 9.27. The molecule has 2 N–H and O–H groups in total. The van der Waals surface area contributed by atoms with Crippen LogP contribution >= 0.6 is 0 Å². The van der Waals surface area contributed by atoms with E-state index in [9.17, 15) is 25.1 Å². The van der Waals surface area contributed by atoms with Crippen molar-refractivity contribution < 1.29 is 29.0 Å². The lowest BCUT2D eigenvalue weighted by molar-refractivity contribution is -0.137. The lowest BCUT2D eigenvalue weighted by atomic mass is 9.64. The Morgan fingerprint density at radius 2 is 1.68 bits per heavy atom. The summed E-state index contributed by atoms with van der Waals surface area (Å²) in [5.74, 6) is -2.83. The van der Waals surface area contributed by atoms with Gasteiger partial charge in [0.05, 0.1) is 29.2 Å². The Hall–Kier alpha value is -2.61. The Balaban J connectivity index is 1.55. The van der Waals surface area contributed by atoms with Crippen LogP contribution in [0.5, 0.6) is 0 Å². The van der Waals surface area contributed by atoms with Crippen LogP contribution in [-0.2, 0) is 18.8 Å². The summed E-state index contributed by atoms with van der Waals surface area (Å²) in [4.78, 5) is 29.1.